The first-order chi connectivity index (χ1) is 7.49. The lowest BCUT2D eigenvalue weighted by Crippen LogP contribution is -2.35. The molecular weight excluding hydrogens is 272 g/mol. The lowest BCUT2D eigenvalue weighted by molar-refractivity contribution is 0.0918. The fourth-order valence-corrected chi connectivity index (χ4v) is 1.61. The van der Waals surface area contributed by atoms with E-state index >= 15 is 0 Å². The van der Waals surface area contributed by atoms with Gasteiger partial charge < -0.3 is 10.4 Å². The molecule has 1 rings (SSSR count). The summed E-state index contributed by atoms with van der Waals surface area (Å²) < 4.78 is 0.834. The lowest BCUT2D eigenvalue weighted by Gasteiger charge is -2.14. The molecule has 0 spiro atoms. The minimum Gasteiger partial charge on any atom is -0.393 e. The largest absolute Gasteiger partial charge is 0.393 e. The SMILES string of the molecule is CC(O)CC(C)NC(=O)c1ccc(Br)cn1. The maximum Gasteiger partial charge on any atom is 0.270 e. The molecule has 0 aliphatic rings. The number of aliphatic hydroxyl groups is 1. The Balaban J connectivity index is 2.55. The van der Waals surface area contributed by atoms with Gasteiger partial charge in [-0.05, 0) is 48.3 Å². The van der Waals surface area contributed by atoms with E-state index in [2.05, 4.69) is 26.2 Å². The van der Waals surface area contributed by atoms with Gasteiger partial charge in [0, 0.05) is 16.7 Å². The average molecular weight is 287 g/mol. The van der Waals surface area contributed by atoms with E-state index in [4.69, 9.17) is 5.11 Å². The molecule has 1 amide bonds. The van der Waals surface area contributed by atoms with Crippen LogP contribution in [0.3, 0.4) is 0 Å². The van der Waals surface area contributed by atoms with E-state index in [-0.39, 0.29) is 11.9 Å². The molecule has 0 fully saturated rings. The van der Waals surface area contributed by atoms with Crippen molar-refractivity contribution >= 4 is 21.8 Å². The van der Waals surface area contributed by atoms with Crippen LogP contribution in [0.2, 0.25) is 0 Å². The number of halogens is 1. The lowest BCUT2D eigenvalue weighted by atomic mass is 10.1. The van der Waals surface area contributed by atoms with Crippen molar-refractivity contribution in [3.8, 4) is 0 Å². The van der Waals surface area contributed by atoms with Crippen LogP contribution in [-0.4, -0.2) is 28.1 Å². The van der Waals surface area contributed by atoms with Crippen LogP contribution in [-0.2, 0) is 0 Å². The second kappa shape index (κ2) is 5.96. The number of amides is 1. The van der Waals surface area contributed by atoms with Crippen LogP contribution in [0.5, 0.6) is 0 Å². The Kier molecular flexibility index (Phi) is 4.89. The summed E-state index contributed by atoms with van der Waals surface area (Å²) in [4.78, 5) is 15.7. The minimum absolute atomic E-state index is 0.0713. The highest BCUT2D eigenvalue weighted by molar-refractivity contribution is 9.10. The van der Waals surface area contributed by atoms with E-state index in [0.29, 0.717) is 12.1 Å². The molecule has 0 saturated heterocycles. The van der Waals surface area contributed by atoms with E-state index in [0.717, 1.165) is 4.47 Å². The molecule has 2 unspecified atom stereocenters. The van der Waals surface area contributed by atoms with Gasteiger partial charge in [-0.2, -0.15) is 0 Å². The van der Waals surface area contributed by atoms with Gasteiger partial charge in [0.2, 0.25) is 0 Å². The van der Waals surface area contributed by atoms with Crippen LogP contribution in [0, 0.1) is 0 Å². The quantitative estimate of drug-likeness (QED) is 0.886. The summed E-state index contributed by atoms with van der Waals surface area (Å²) in [5, 5.41) is 11.9. The number of pyridine rings is 1. The molecule has 5 heteroatoms. The summed E-state index contributed by atoms with van der Waals surface area (Å²) >= 11 is 3.25. The average Bonchev–Trinajstić information content (AvgIpc) is 2.16. The molecule has 1 heterocycles. The maximum absolute atomic E-state index is 11.7. The molecule has 2 N–H and O–H groups in total. The fourth-order valence-electron chi connectivity index (χ4n) is 1.38. The molecule has 0 aromatic carbocycles. The van der Waals surface area contributed by atoms with E-state index < -0.39 is 6.10 Å². The zero-order chi connectivity index (χ0) is 12.1. The van der Waals surface area contributed by atoms with Crippen molar-refractivity contribution in [2.75, 3.05) is 0 Å². The van der Waals surface area contributed by atoms with Gasteiger partial charge in [-0.25, -0.2) is 4.98 Å². The van der Waals surface area contributed by atoms with Crippen LogP contribution >= 0.6 is 15.9 Å². The molecule has 0 aliphatic heterocycles. The highest BCUT2D eigenvalue weighted by Crippen LogP contribution is 2.07. The minimum atomic E-state index is -0.423. The molecule has 88 valence electrons. The summed E-state index contributed by atoms with van der Waals surface area (Å²) in [6.07, 6.45) is 1.68. The number of carbonyl (C=O) groups is 1. The second-order valence-electron chi connectivity index (χ2n) is 3.82. The predicted octanol–water partition coefficient (Wildman–Crippen LogP) is 1.73. The number of hydrogen-bond donors (Lipinski definition) is 2. The first-order valence-electron chi connectivity index (χ1n) is 5.09. The third kappa shape index (κ3) is 4.28. The highest BCUT2D eigenvalue weighted by atomic mass is 79.9. The fraction of sp³-hybridized carbons (Fsp3) is 0.455. The summed E-state index contributed by atoms with van der Waals surface area (Å²) in [6.45, 7) is 3.55. The Bertz CT molecular complexity index is 352. The number of aromatic nitrogens is 1. The molecule has 0 aliphatic carbocycles. The van der Waals surface area contributed by atoms with Crippen LogP contribution in [0.15, 0.2) is 22.8 Å². The normalized spacial score (nSPS) is 14.2. The Hall–Kier alpha value is -0.940. The number of rotatable bonds is 4. The van der Waals surface area contributed by atoms with Crippen LogP contribution in [0.1, 0.15) is 30.8 Å². The smallest absolute Gasteiger partial charge is 0.270 e. The Morgan fingerprint density at radius 1 is 1.56 bits per heavy atom. The zero-order valence-corrected chi connectivity index (χ0v) is 10.9. The molecule has 0 radical (unpaired) electrons. The molecule has 1 aromatic rings. The number of nitrogens with one attached hydrogen (secondary N) is 1. The van der Waals surface area contributed by atoms with Crippen molar-refractivity contribution in [3.63, 3.8) is 0 Å². The van der Waals surface area contributed by atoms with Gasteiger partial charge in [-0.1, -0.05) is 0 Å². The molecular formula is C11H15BrN2O2. The number of nitrogens with zero attached hydrogens (tertiary/aromatic N) is 1. The van der Waals surface area contributed by atoms with Crippen molar-refractivity contribution in [2.24, 2.45) is 0 Å². The Morgan fingerprint density at radius 2 is 2.25 bits per heavy atom. The Morgan fingerprint density at radius 3 is 2.75 bits per heavy atom. The Labute approximate surface area is 103 Å². The maximum atomic E-state index is 11.7. The van der Waals surface area contributed by atoms with Crippen molar-refractivity contribution in [3.05, 3.63) is 28.5 Å². The zero-order valence-electron chi connectivity index (χ0n) is 9.27. The molecule has 0 bridgehead atoms. The van der Waals surface area contributed by atoms with Crippen molar-refractivity contribution < 1.29 is 9.90 Å². The van der Waals surface area contributed by atoms with Gasteiger partial charge >= 0.3 is 0 Å². The third-order valence-electron chi connectivity index (χ3n) is 2.03. The molecule has 16 heavy (non-hydrogen) atoms. The van der Waals surface area contributed by atoms with Gasteiger partial charge in [0.25, 0.3) is 5.91 Å². The van der Waals surface area contributed by atoms with E-state index in [1.165, 1.54) is 0 Å². The molecule has 1 aromatic heterocycles. The first-order valence-corrected chi connectivity index (χ1v) is 5.89. The molecule has 0 saturated carbocycles. The van der Waals surface area contributed by atoms with Gasteiger partial charge in [0.15, 0.2) is 0 Å². The van der Waals surface area contributed by atoms with Crippen LogP contribution in [0.4, 0.5) is 0 Å². The number of hydrogen-bond acceptors (Lipinski definition) is 3. The summed E-state index contributed by atoms with van der Waals surface area (Å²) in [7, 11) is 0. The standard InChI is InChI=1S/C11H15BrN2O2/c1-7(5-8(2)15)14-11(16)10-4-3-9(12)6-13-10/h3-4,6-8,15H,5H2,1-2H3,(H,14,16). The van der Waals surface area contributed by atoms with Crippen molar-refractivity contribution in [1.82, 2.24) is 10.3 Å². The van der Waals surface area contributed by atoms with Crippen LogP contribution in [0.25, 0.3) is 0 Å². The predicted molar refractivity (Wildman–Crippen MR) is 65.2 cm³/mol. The van der Waals surface area contributed by atoms with E-state index in [1.54, 1.807) is 25.3 Å². The molecule has 4 nitrogen and oxygen atoms in total. The van der Waals surface area contributed by atoms with Gasteiger partial charge in [-0.15, -0.1) is 0 Å². The van der Waals surface area contributed by atoms with Gasteiger partial charge in [-0.3, -0.25) is 4.79 Å². The van der Waals surface area contributed by atoms with Gasteiger partial charge in [0.1, 0.15) is 5.69 Å². The van der Waals surface area contributed by atoms with E-state index in [1.807, 2.05) is 6.92 Å². The second-order valence-corrected chi connectivity index (χ2v) is 4.74. The van der Waals surface area contributed by atoms with E-state index in [9.17, 15) is 4.79 Å². The summed E-state index contributed by atoms with van der Waals surface area (Å²) in [5.41, 5.74) is 0.376. The van der Waals surface area contributed by atoms with Gasteiger partial charge in [0.05, 0.1) is 6.10 Å². The third-order valence-corrected chi connectivity index (χ3v) is 2.50. The topological polar surface area (TPSA) is 62.2 Å². The number of carbonyl (C=O) groups excluding carboxylic acids is 1. The number of aliphatic hydroxyl groups excluding tert-OH is 1. The summed E-state index contributed by atoms with van der Waals surface area (Å²) in [6, 6.07) is 3.34. The molecule has 2 atom stereocenters. The first kappa shape index (κ1) is 13.1. The monoisotopic (exact) mass is 286 g/mol. The highest BCUT2D eigenvalue weighted by Gasteiger charge is 2.12. The van der Waals surface area contributed by atoms with Crippen LogP contribution < -0.4 is 5.32 Å². The van der Waals surface area contributed by atoms with Crippen molar-refractivity contribution in [2.45, 2.75) is 32.4 Å². The van der Waals surface area contributed by atoms with Crippen molar-refractivity contribution in [1.29, 1.82) is 0 Å². The summed E-state index contributed by atoms with van der Waals surface area (Å²) in [5.74, 6) is -0.222.